The molecule has 0 saturated heterocycles. The number of aromatic hydroxyl groups is 1. The lowest BCUT2D eigenvalue weighted by Crippen LogP contribution is -2.48. The fourth-order valence-electron chi connectivity index (χ4n) is 3.44. The fraction of sp³-hybridized carbons (Fsp3) is 0.588. The quantitative estimate of drug-likeness (QED) is 0.896. The lowest BCUT2D eigenvalue weighted by molar-refractivity contribution is 0.0559. The molecule has 0 bridgehead atoms. The maximum atomic E-state index is 12.9. The number of nitrogens with zero attached hydrogens (tertiary/aromatic N) is 1. The Morgan fingerprint density at radius 1 is 1.38 bits per heavy atom. The number of phenols is 1. The molecule has 1 aromatic rings. The lowest BCUT2D eigenvalue weighted by Gasteiger charge is -2.39. The minimum Gasteiger partial charge on any atom is -0.508 e. The van der Waals surface area contributed by atoms with E-state index in [1.54, 1.807) is 18.2 Å². The standard InChI is InChI=1S/C17H26N2O2/c1-3-19(16-7-5-4-6-13(16)11-18)17(21)15-9-8-14(20)10-12(15)2/h8-10,13,16,20H,3-7,11,18H2,1-2H3. The topological polar surface area (TPSA) is 66.6 Å². The predicted octanol–water partition coefficient (Wildman–Crippen LogP) is 2.68. The molecule has 1 fully saturated rings. The van der Waals surface area contributed by atoms with Crippen molar-refractivity contribution < 1.29 is 9.90 Å². The summed E-state index contributed by atoms with van der Waals surface area (Å²) in [6.07, 6.45) is 4.53. The van der Waals surface area contributed by atoms with Gasteiger partial charge in [-0.1, -0.05) is 12.8 Å². The van der Waals surface area contributed by atoms with Gasteiger partial charge in [0.15, 0.2) is 0 Å². The van der Waals surface area contributed by atoms with E-state index in [2.05, 4.69) is 0 Å². The van der Waals surface area contributed by atoms with E-state index in [1.165, 1.54) is 12.8 Å². The van der Waals surface area contributed by atoms with Gasteiger partial charge in [-0.15, -0.1) is 0 Å². The highest BCUT2D eigenvalue weighted by molar-refractivity contribution is 5.96. The van der Waals surface area contributed by atoms with Crippen molar-refractivity contribution in [1.82, 2.24) is 4.90 Å². The van der Waals surface area contributed by atoms with Gasteiger partial charge in [-0.25, -0.2) is 0 Å². The van der Waals surface area contributed by atoms with Gasteiger partial charge in [-0.2, -0.15) is 0 Å². The van der Waals surface area contributed by atoms with Crippen LogP contribution in [-0.2, 0) is 0 Å². The van der Waals surface area contributed by atoms with Crippen LogP contribution < -0.4 is 5.73 Å². The van der Waals surface area contributed by atoms with E-state index in [9.17, 15) is 9.90 Å². The Morgan fingerprint density at radius 3 is 2.71 bits per heavy atom. The molecule has 1 saturated carbocycles. The third-order valence-electron chi connectivity index (χ3n) is 4.61. The Kier molecular flexibility index (Phi) is 5.23. The predicted molar refractivity (Wildman–Crippen MR) is 84.4 cm³/mol. The van der Waals surface area contributed by atoms with E-state index in [1.807, 2.05) is 18.7 Å². The smallest absolute Gasteiger partial charge is 0.254 e. The first-order chi connectivity index (χ1) is 10.1. The van der Waals surface area contributed by atoms with E-state index in [-0.39, 0.29) is 17.7 Å². The average Bonchev–Trinajstić information content (AvgIpc) is 2.48. The van der Waals surface area contributed by atoms with Crippen LogP contribution in [-0.4, -0.2) is 35.0 Å². The second-order valence-electron chi connectivity index (χ2n) is 5.94. The number of carbonyl (C=O) groups excluding carboxylic acids is 1. The first kappa shape index (κ1) is 15.8. The van der Waals surface area contributed by atoms with Gasteiger partial charge in [-0.3, -0.25) is 4.79 Å². The molecule has 3 N–H and O–H groups in total. The van der Waals surface area contributed by atoms with Gasteiger partial charge in [0.05, 0.1) is 0 Å². The molecule has 0 radical (unpaired) electrons. The molecule has 2 rings (SSSR count). The largest absolute Gasteiger partial charge is 0.508 e. The summed E-state index contributed by atoms with van der Waals surface area (Å²) in [6.45, 7) is 5.22. The highest BCUT2D eigenvalue weighted by atomic mass is 16.3. The number of nitrogens with two attached hydrogens (primary N) is 1. The van der Waals surface area contributed by atoms with Crippen molar-refractivity contribution in [1.29, 1.82) is 0 Å². The van der Waals surface area contributed by atoms with Gasteiger partial charge in [0.2, 0.25) is 0 Å². The SMILES string of the molecule is CCN(C(=O)c1ccc(O)cc1C)C1CCCCC1CN. The van der Waals surface area contributed by atoms with E-state index < -0.39 is 0 Å². The zero-order valence-corrected chi connectivity index (χ0v) is 13.0. The molecule has 1 aliphatic carbocycles. The molecule has 0 aromatic heterocycles. The molecule has 0 spiro atoms. The van der Waals surface area contributed by atoms with E-state index in [0.717, 1.165) is 18.4 Å². The Labute approximate surface area is 126 Å². The molecule has 21 heavy (non-hydrogen) atoms. The van der Waals surface area contributed by atoms with Gasteiger partial charge in [-0.05, 0) is 62.9 Å². The average molecular weight is 290 g/mol. The van der Waals surface area contributed by atoms with Crippen LogP contribution in [0.4, 0.5) is 0 Å². The van der Waals surface area contributed by atoms with Crippen molar-refractivity contribution in [3.05, 3.63) is 29.3 Å². The molecular formula is C17H26N2O2. The van der Waals surface area contributed by atoms with Gasteiger partial charge < -0.3 is 15.7 Å². The summed E-state index contributed by atoms with van der Waals surface area (Å²) < 4.78 is 0. The van der Waals surface area contributed by atoms with E-state index >= 15 is 0 Å². The van der Waals surface area contributed by atoms with Crippen molar-refractivity contribution in [3.8, 4) is 5.75 Å². The van der Waals surface area contributed by atoms with Crippen LogP contribution in [0, 0.1) is 12.8 Å². The number of hydrogen-bond donors (Lipinski definition) is 2. The van der Waals surface area contributed by atoms with Crippen molar-refractivity contribution in [3.63, 3.8) is 0 Å². The first-order valence-corrected chi connectivity index (χ1v) is 7.89. The van der Waals surface area contributed by atoms with Gasteiger partial charge in [0, 0.05) is 18.2 Å². The van der Waals surface area contributed by atoms with Gasteiger partial charge in [0.25, 0.3) is 5.91 Å². The molecule has 4 nitrogen and oxygen atoms in total. The summed E-state index contributed by atoms with van der Waals surface area (Å²) in [5, 5.41) is 9.50. The van der Waals surface area contributed by atoms with E-state index in [4.69, 9.17) is 5.73 Å². The van der Waals surface area contributed by atoms with E-state index in [0.29, 0.717) is 24.6 Å². The summed E-state index contributed by atoms with van der Waals surface area (Å²) in [5.41, 5.74) is 7.40. The van der Waals surface area contributed by atoms with Crippen LogP contribution >= 0.6 is 0 Å². The summed E-state index contributed by atoms with van der Waals surface area (Å²) >= 11 is 0. The van der Waals surface area contributed by atoms with Crippen LogP contribution in [0.5, 0.6) is 5.75 Å². The van der Waals surface area contributed by atoms with Gasteiger partial charge >= 0.3 is 0 Å². The summed E-state index contributed by atoms with van der Waals surface area (Å²) in [6, 6.07) is 5.18. The van der Waals surface area contributed by atoms with Crippen LogP contribution in [0.3, 0.4) is 0 Å². The first-order valence-electron chi connectivity index (χ1n) is 7.89. The summed E-state index contributed by atoms with van der Waals surface area (Å²) in [4.78, 5) is 14.8. The number of aryl methyl sites for hydroxylation is 1. The maximum absolute atomic E-state index is 12.9. The normalized spacial score (nSPS) is 22.0. The third kappa shape index (κ3) is 3.38. The molecule has 2 atom stereocenters. The van der Waals surface area contributed by atoms with Crippen molar-refractivity contribution in [2.75, 3.05) is 13.1 Å². The van der Waals surface area contributed by atoms with Crippen molar-refractivity contribution in [2.45, 2.75) is 45.6 Å². The zero-order valence-electron chi connectivity index (χ0n) is 13.0. The maximum Gasteiger partial charge on any atom is 0.254 e. The minimum absolute atomic E-state index is 0.0559. The lowest BCUT2D eigenvalue weighted by atomic mass is 9.83. The number of phenolic OH excluding ortho intramolecular Hbond substituents is 1. The second-order valence-corrected chi connectivity index (χ2v) is 5.94. The fourth-order valence-corrected chi connectivity index (χ4v) is 3.44. The van der Waals surface area contributed by atoms with Gasteiger partial charge in [0.1, 0.15) is 5.75 Å². The van der Waals surface area contributed by atoms with Crippen LogP contribution in [0.1, 0.15) is 48.5 Å². The van der Waals surface area contributed by atoms with Crippen LogP contribution in [0.15, 0.2) is 18.2 Å². The molecule has 2 unspecified atom stereocenters. The zero-order chi connectivity index (χ0) is 15.4. The number of hydrogen-bond acceptors (Lipinski definition) is 3. The number of amides is 1. The second kappa shape index (κ2) is 6.94. The molecular weight excluding hydrogens is 264 g/mol. The highest BCUT2D eigenvalue weighted by Gasteiger charge is 2.32. The third-order valence-corrected chi connectivity index (χ3v) is 4.61. The molecule has 1 aliphatic rings. The van der Waals surface area contributed by atoms with Crippen LogP contribution in [0.25, 0.3) is 0 Å². The molecule has 1 aromatic carbocycles. The number of rotatable bonds is 4. The van der Waals surface area contributed by atoms with Crippen molar-refractivity contribution in [2.24, 2.45) is 11.7 Å². The summed E-state index contributed by atoms with van der Waals surface area (Å²) in [7, 11) is 0. The minimum atomic E-state index is 0.0559. The Balaban J connectivity index is 2.25. The molecule has 0 heterocycles. The molecule has 4 heteroatoms. The highest BCUT2D eigenvalue weighted by Crippen LogP contribution is 2.29. The monoisotopic (exact) mass is 290 g/mol. The summed E-state index contributed by atoms with van der Waals surface area (Å²) in [5.74, 6) is 0.657. The number of carbonyl (C=O) groups is 1. The van der Waals surface area contributed by atoms with Crippen LogP contribution in [0.2, 0.25) is 0 Å². The Morgan fingerprint density at radius 2 is 2.10 bits per heavy atom. The Hall–Kier alpha value is -1.55. The Bertz CT molecular complexity index is 502. The van der Waals surface area contributed by atoms with Crippen molar-refractivity contribution >= 4 is 5.91 Å². The molecule has 0 aliphatic heterocycles. The molecule has 116 valence electrons. The molecule has 1 amide bonds. The number of benzene rings is 1.